The molecule has 0 aliphatic carbocycles. The lowest BCUT2D eigenvalue weighted by Gasteiger charge is -2.20. The van der Waals surface area contributed by atoms with Gasteiger partial charge >= 0.3 is 25.7 Å². The normalized spacial score (nSPS) is 14.0. The third-order valence-corrected chi connectivity index (χ3v) is 12.2. The van der Waals surface area contributed by atoms with E-state index in [9.17, 15) is 23.8 Å². The molecule has 0 aliphatic rings. The number of allylic oxidation sites excluding steroid dienone is 10. The second-order valence-electron chi connectivity index (χ2n) is 17.6. The number of carbonyl (C=O) groups excluding carboxylic acids is 2. The fraction of sp³-hybridized carbons (Fsp3) is 0.759. The number of nitrogens with two attached hydrogens (primary N) is 1. The Morgan fingerprint density at radius 1 is 0.485 bits per heavy atom. The lowest BCUT2D eigenvalue weighted by Crippen LogP contribution is -2.34. The van der Waals surface area contributed by atoms with Gasteiger partial charge in [0.1, 0.15) is 12.6 Å². The Balaban J connectivity index is 4.24. The summed E-state index contributed by atoms with van der Waals surface area (Å²) in [5.41, 5.74) is 5.35. The van der Waals surface area contributed by atoms with Gasteiger partial charge in [-0.25, -0.2) is 4.57 Å². The number of carboxylic acids is 1. The molecule has 0 aromatic rings. The van der Waals surface area contributed by atoms with E-state index < -0.39 is 51.1 Å². The fourth-order valence-electron chi connectivity index (χ4n) is 7.17. The summed E-state index contributed by atoms with van der Waals surface area (Å²) in [7, 11) is -4.73. The summed E-state index contributed by atoms with van der Waals surface area (Å²) in [5.74, 6) is -2.39. The zero-order chi connectivity index (χ0) is 48.4. The fourth-order valence-corrected chi connectivity index (χ4v) is 7.95. The van der Waals surface area contributed by atoms with E-state index in [4.69, 9.17) is 24.8 Å². The summed E-state index contributed by atoms with van der Waals surface area (Å²) >= 11 is 0. The number of ether oxygens (including phenoxy) is 2. The number of aliphatic carboxylic acids is 1. The molecule has 0 saturated heterocycles. The van der Waals surface area contributed by atoms with Gasteiger partial charge in [0, 0.05) is 12.8 Å². The molecule has 12 heteroatoms. The van der Waals surface area contributed by atoms with Crippen molar-refractivity contribution in [1.82, 2.24) is 0 Å². The number of phosphoric ester groups is 1. The number of esters is 2. The molecule has 3 atom stereocenters. The van der Waals surface area contributed by atoms with E-state index in [0.717, 1.165) is 83.5 Å². The molecule has 11 nitrogen and oxygen atoms in total. The van der Waals surface area contributed by atoms with Crippen molar-refractivity contribution in [2.24, 2.45) is 5.73 Å². The molecule has 0 radical (unpaired) electrons. The molecule has 0 rings (SSSR count). The second kappa shape index (κ2) is 48.6. The molecule has 0 bridgehead atoms. The van der Waals surface area contributed by atoms with Gasteiger partial charge in [-0.15, -0.1) is 0 Å². The summed E-state index contributed by atoms with van der Waals surface area (Å²) < 4.78 is 32.9. The van der Waals surface area contributed by atoms with Gasteiger partial charge in [-0.2, -0.15) is 0 Å². The maximum absolute atomic E-state index is 12.7. The van der Waals surface area contributed by atoms with E-state index in [1.165, 1.54) is 109 Å². The molecule has 0 fully saturated rings. The molecule has 382 valence electrons. The summed E-state index contributed by atoms with van der Waals surface area (Å²) in [5, 5.41) is 8.93. The predicted octanol–water partition coefficient (Wildman–Crippen LogP) is 15.1. The van der Waals surface area contributed by atoms with Crippen LogP contribution in [0.1, 0.15) is 232 Å². The maximum atomic E-state index is 12.7. The van der Waals surface area contributed by atoms with Crippen LogP contribution < -0.4 is 5.73 Å². The highest BCUT2D eigenvalue weighted by Gasteiger charge is 2.28. The van der Waals surface area contributed by atoms with Crippen molar-refractivity contribution in [2.75, 3.05) is 19.8 Å². The first kappa shape index (κ1) is 63.2. The summed E-state index contributed by atoms with van der Waals surface area (Å²) in [6, 6.07) is -1.53. The van der Waals surface area contributed by atoms with E-state index in [1.807, 2.05) is 0 Å². The van der Waals surface area contributed by atoms with Gasteiger partial charge in [0.25, 0.3) is 0 Å². The monoisotopic (exact) mass is 950 g/mol. The van der Waals surface area contributed by atoms with Gasteiger partial charge in [-0.05, 0) is 77.0 Å². The first-order chi connectivity index (χ1) is 32.1. The standard InChI is InChI=1S/C54H96NO10P/c1-3-5-7-9-11-13-15-17-19-21-23-24-25-26-28-29-31-33-35-37-39-41-43-45-52(56)62-47-50(48-63-66(60,61)64-49-51(55)54(58)59)65-53(57)46-44-42-40-38-36-34-32-30-27-22-20-18-16-14-12-10-8-6-4-2/h6,8,12,14,18,20-21,23,27,30,50-51H,3-5,7,9-11,13,15-17,19,22,24-26,28-29,31-49,55H2,1-2H3,(H,58,59)(H,60,61)/b8-6-,14-12-,20-18-,23-21-,30-27-. The quantitative estimate of drug-likeness (QED) is 0.0229. The Morgan fingerprint density at radius 3 is 1.29 bits per heavy atom. The van der Waals surface area contributed by atoms with Crippen molar-refractivity contribution in [2.45, 2.75) is 244 Å². The van der Waals surface area contributed by atoms with Crippen molar-refractivity contribution in [1.29, 1.82) is 0 Å². The number of phosphoric acid groups is 1. The van der Waals surface area contributed by atoms with Gasteiger partial charge in [-0.3, -0.25) is 23.4 Å². The SMILES string of the molecule is CC/C=C\C/C=C\C/C=C\C/C=C\CCCCCCCCC(=O)OC(COC(=O)CCCCCCCCCCCCC/C=C\CCCCCCCCCC)COP(=O)(O)OCC(N)C(=O)O. The molecule has 0 aliphatic heterocycles. The number of carboxylic acid groups (broad SMARTS) is 1. The highest BCUT2D eigenvalue weighted by molar-refractivity contribution is 7.47. The topological polar surface area (TPSA) is 172 Å². The van der Waals surface area contributed by atoms with E-state index in [0.29, 0.717) is 12.8 Å². The van der Waals surface area contributed by atoms with Crippen molar-refractivity contribution >= 4 is 25.7 Å². The van der Waals surface area contributed by atoms with E-state index in [-0.39, 0.29) is 19.4 Å². The average Bonchev–Trinajstić information content (AvgIpc) is 3.30. The Hall–Kier alpha value is -2.82. The Morgan fingerprint density at radius 2 is 0.848 bits per heavy atom. The minimum absolute atomic E-state index is 0.143. The van der Waals surface area contributed by atoms with Crippen LogP contribution in [0.25, 0.3) is 0 Å². The van der Waals surface area contributed by atoms with Crippen LogP contribution in [-0.4, -0.2) is 59.9 Å². The highest BCUT2D eigenvalue weighted by atomic mass is 31.2. The minimum Gasteiger partial charge on any atom is -0.480 e. The molecule has 0 spiro atoms. The van der Waals surface area contributed by atoms with Crippen LogP contribution in [-0.2, 0) is 37.5 Å². The zero-order valence-electron chi connectivity index (χ0n) is 41.8. The summed E-state index contributed by atoms with van der Waals surface area (Å²) in [6.45, 7) is 2.70. The highest BCUT2D eigenvalue weighted by Crippen LogP contribution is 2.43. The van der Waals surface area contributed by atoms with Crippen molar-refractivity contribution in [3.05, 3.63) is 60.8 Å². The van der Waals surface area contributed by atoms with Crippen LogP contribution in [0.15, 0.2) is 60.8 Å². The van der Waals surface area contributed by atoms with Crippen LogP contribution in [0.2, 0.25) is 0 Å². The molecule has 4 N–H and O–H groups in total. The van der Waals surface area contributed by atoms with E-state index in [1.54, 1.807) is 0 Å². The minimum atomic E-state index is -4.73. The number of hydrogen-bond donors (Lipinski definition) is 3. The van der Waals surface area contributed by atoms with Gasteiger partial charge < -0.3 is 25.2 Å². The molecule has 0 aromatic carbocycles. The van der Waals surface area contributed by atoms with Crippen molar-refractivity contribution < 1.29 is 47.5 Å². The largest absolute Gasteiger partial charge is 0.480 e. The van der Waals surface area contributed by atoms with Crippen molar-refractivity contribution in [3.63, 3.8) is 0 Å². The Labute approximate surface area is 402 Å². The summed E-state index contributed by atoms with van der Waals surface area (Å²) in [4.78, 5) is 46.2. The Kier molecular flexibility index (Phi) is 46.6. The van der Waals surface area contributed by atoms with Gasteiger partial charge in [0.15, 0.2) is 6.10 Å². The smallest absolute Gasteiger partial charge is 0.472 e. The summed E-state index contributed by atoms with van der Waals surface area (Å²) in [6.07, 6.45) is 58.6. The van der Waals surface area contributed by atoms with Crippen LogP contribution in [0.3, 0.4) is 0 Å². The Bertz CT molecular complexity index is 1350. The molecular weight excluding hydrogens is 854 g/mol. The number of hydrogen-bond acceptors (Lipinski definition) is 9. The average molecular weight is 950 g/mol. The second-order valence-corrected chi connectivity index (χ2v) is 19.1. The van der Waals surface area contributed by atoms with Crippen molar-refractivity contribution in [3.8, 4) is 0 Å². The molecule has 0 aromatic heterocycles. The van der Waals surface area contributed by atoms with Crippen LogP contribution >= 0.6 is 7.82 Å². The molecule has 0 amide bonds. The van der Waals surface area contributed by atoms with Crippen LogP contribution in [0.4, 0.5) is 0 Å². The number of rotatable bonds is 49. The molecule has 66 heavy (non-hydrogen) atoms. The third kappa shape index (κ3) is 47.7. The first-order valence-electron chi connectivity index (χ1n) is 26.3. The number of carbonyl (C=O) groups is 3. The predicted molar refractivity (Wildman–Crippen MR) is 272 cm³/mol. The lowest BCUT2D eigenvalue weighted by atomic mass is 10.0. The lowest BCUT2D eigenvalue weighted by molar-refractivity contribution is -0.161. The third-order valence-electron chi connectivity index (χ3n) is 11.2. The van der Waals surface area contributed by atoms with E-state index in [2.05, 4.69) is 79.1 Å². The van der Waals surface area contributed by atoms with Gasteiger partial charge in [-0.1, -0.05) is 203 Å². The molecule has 3 unspecified atom stereocenters. The maximum Gasteiger partial charge on any atom is 0.472 e. The number of unbranched alkanes of at least 4 members (excludes halogenated alkanes) is 25. The zero-order valence-corrected chi connectivity index (χ0v) is 42.7. The van der Waals surface area contributed by atoms with Crippen LogP contribution in [0.5, 0.6) is 0 Å². The molecular formula is C54H96NO10P. The van der Waals surface area contributed by atoms with Gasteiger partial charge in [0.05, 0.1) is 13.2 Å². The molecule has 0 saturated carbocycles. The first-order valence-corrected chi connectivity index (χ1v) is 27.8. The van der Waals surface area contributed by atoms with Gasteiger partial charge in [0.2, 0.25) is 0 Å². The van der Waals surface area contributed by atoms with E-state index >= 15 is 0 Å². The van der Waals surface area contributed by atoms with Crippen LogP contribution in [0, 0.1) is 0 Å². The molecule has 0 heterocycles.